The highest BCUT2D eigenvalue weighted by atomic mass is 16.6. The fraction of sp³-hybridized carbons (Fsp3) is 0.640. The number of benzene rings is 1. The molecule has 0 saturated carbocycles. The third-order valence-corrected chi connectivity index (χ3v) is 5.35. The Balaban J connectivity index is 2.07. The molecule has 3 amide bonds. The van der Waals surface area contributed by atoms with E-state index in [0.717, 1.165) is 18.4 Å². The summed E-state index contributed by atoms with van der Waals surface area (Å²) in [6, 6.07) is 8.68. The van der Waals surface area contributed by atoms with Gasteiger partial charge in [-0.2, -0.15) is 0 Å². The quantitative estimate of drug-likeness (QED) is 0.688. The third-order valence-electron chi connectivity index (χ3n) is 5.35. The predicted molar refractivity (Wildman–Crippen MR) is 125 cm³/mol. The van der Waals surface area contributed by atoms with Crippen molar-refractivity contribution in [3.63, 3.8) is 0 Å². The first-order chi connectivity index (χ1) is 15.0. The molecule has 1 aliphatic rings. The number of piperidine rings is 1. The molecular weight excluding hydrogens is 406 g/mol. The summed E-state index contributed by atoms with van der Waals surface area (Å²) in [5.74, 6) is 0.149. The highest BCUT2D eigenvalue weighted by molar-refractivity contribution is 5.88. The van der Waals surface area contributed by atoms with E-state index in [1.807, 2.05) is 69.9 Å². The summed E-state index contributed by atoms with van der Waals surface area (Å²) in [6.07, 6.45) is 1.82. The Kier molecular flexibility index (Phi) is 9.10. The number of carbonyl (C=O) groups excluding carboxylic acids is 3. The van der Waals surface area contributed by atoms with Crippen molar-refractivity contribution in [1.29, 1.82) is 0 Å². The van der Waals surface area contributed by atoms with Crippen LogP contribution in [0, 0.1) is 11.8 Å². The largest absolute Gasteiger partial charge is 0.444 e. The van der Waals surface area contributed by atoms with E-state index in [1.54, 1.807) is 11.9 Å². The van der Waals surface area contributed by atoms with Gasteiger partial charge in [-0.25, -0.2) is 4.79 Å². The Hall–Kier alpha value is -2.57. The Morgan fingerprint density at radius 2 is 1.84 bits per heavy atom. The van der Waals surface area contributed by atoms with Crippen LogP contribution in [-0.4, -0.2) is 60.0 Å². The fourth-order valence-electron chi connectivity index (χ4n) is 3.92. The number of rotatable bonds is 7. The van der Waals surface area contributed by atoms with Gasteiger partial charge >= 0.3 is 6.09 Å². The van der Waals surface area contributed by atoms with Crippen molar-refractivity contribution in [2.75, 3.05) is 26.7 Å². The lowest BCUT2D eigenvalue weighted by atomic mass is 9.96. The molecule has 1 heterocycles. The Bertz CT molecular complexity index is 773. The Labute approximate surface area is 192 Å². The molecule has 2 atom stereocenters. The van der Waals surface area contributed by atoms with E-state index in [1.165, 1.54) is 0 Å². The van der Waals surface area contributed by atoms with Crippen LogP contribution in [0.2, 0.25) is 0 Å². The number of nitrogens with zero attached hydrogens (tertiary/aromatic N) is 2. The first kappa shape index (κ1) is 25.7. The first-order valence-electron chi connectivity index (χ1n) is 11.5. The highest BCUT2D eigenvalue weighted by Crippen LogP contribution is 2.23. The number of likely N-dealkylation sites (tertiary alicyclic amines) is 1. The number of nitrogens with one attached hydrogen (secondary N) is 1. The summed E-state index contributed by atoms with van der Waals surface area (Å²) in [4.78, 5) is 41.7. The molecule has 1 saturated heterocycles. The lowest BCUT2D eigenvalue weighted by molar-refractivity contribution is -0.138. The van der Waals surface area contributed by atoms with Crippen LogP contribution in [-0.2, 0) is 14.3 Å². The number of ether oxygens (including phenoxy) is 1. The third kappa shape index (κ3) is 8.17. The standard InChI is InChI=1S/C25H39N3O4/c1-18(2)15-21(29)26-22(20-12-8-7-9-13-20)23(30)28-14-10-11-19(17-28)16-27(6)24(31)32-25(3,4)5/h7-9,12-13,18-19,22H,10-11,14-17H2,1-6H3,(H,26,29). The minimum Gasteiger partial charge on any atom is -0.444 e. The topological polar surface area (TPSA) is 79.0 Å². The molecule has 0 bridgehead atoms. The van der Waals surface area contributed by atoms with Gasteiger partial charge in [0.25, 0.3) is 0 Å². The van der Waals surface area contributed by atoms with Gasteiger partial charge in [0.15, 0.2) is 0 Å². The average molecular weight is 446 g/mol. The van der Waals surface area contributed by atoms with Crippen LogP contribution < -0.4 is 5.32 Å². The van der Waals surface area contributed by atoms with Crippen molar-refractivity contribution < 1.29 is 19.1 Å². The zero-order valence-electron chi connectivity index (χ0n) is 20.4. The van der Waals surface area contributed by atoms with Crippen molar-refractivity contribution in [3.8, 4) is 0 Å². The highest BCUT2D eigenvalue weighted by Gasteiger charge is 2.32. The fourth-order valence-corrected chi connectivity index (χ4v) is 3.92. The molecule has 0 spiro atoms. The van der Waals surface area contributed by atoms with Crippen LogP contribution >= 0.6 is 0 Å². The van der Waals surface area contributed by atoms with Crippen LogP contribution in [0.25, 0.3) is 0 Å². The van der Waals surface area contributed by atoms with E-state index < -0.39 is 11.6 Å². The summed E-state index contributed by atoms with van der Waals surface area (Å²) in [5.41, 5.74) is 0.236. The average Bonchev–Trinajstić information content (AvgIpc) is 2.70. The molecule has 1 aromatic rings. The molecule has 2 rings (SSSR count). The van der Waals surface area contributed by atoms with Gasteiger partial charge in [0.1, 0.15) is 11.6 Å². The molecule has 178 valence electrons. The summed E-state index contributed by atoms with van der Waals surface area (Å²) in [5, 5.41) is 2.95. The van der Waals surface area contributed by atoms with Crippen molar-refractivity contribution in [2.45, 2.75) is 65.5 Å². The summed E-state index contributed by atoms with van der Waals surface area (Å²) in [7, 11) is 1.73. The SMILES string of the molecule is CC(C)CC(=O)NC(C(=O)N1CCCC(CN(C)C(=O)OC(C)(C)C)C1)c1ccccc1. The summed E-state index contributed by atoms with van der Waals surface area (Å²) in [6.45, 7) is 11.2. The van der Waals surface area contributed by atoms with Crippen molar-refractivity contribution in [1.82, 2.24) is 15.1 Å². The Morgan fingerprint density at radius 1 is 1.19 bits per heavy atom. The van der Waals surface area contributed by atoms with Crippen LogP contribution in [0.15, 0.2) is 30.3 Å². The van der Waals surface area contributed by atoms with Crippen LogP contribution in [0.5, 0.6) is 0 Å². The van der Waals surface area contributed by atoms with E-state index in [4.69, 9.17) is 4.74 Å². The van der Waals surface area contributed by atoms with E-state index in [2.05, 4.69) is 5.32 Å². The summed E-state index contributed by atoms with van der Waals surface area (Å²) >= 11 is 0. The zero-order chi connectivity index (χ0) is 23.9. The minimum absolute atomic E-state index is 0.0991. The number of hydrogen-bond acceptors (Lipinski definition) is 4. The summed E-state index contributed by atoms with van der Waals surface area (Å²) < 4.78 is 5.45. The van der Waals surface area contributed by atoms with E-state index in [-0.39, 0.29) is 29.7 Å². The molecule has 2 unspecified atom stereocenters. The molecule has 32 heavy (non-hydrogen) atoms. The molecule has 1 fully saturated rings. The van der Waals surface area contributed by atoms with Gasteiger partial charge in [-0.05, 0) is 51.0 Å². The monoisotopic (exact) mass is 445 g/mol. The molecule has 7 heteroatoms. The number of carbonyl (C=O) groups is 3. The van der Waals surface area contributed by atoms with Gasteiger partial charge in [-0.3, -0.25) is 9.59 Å². The second-order valence-electron chi connectivity index (χ2n) is 10.2. The van der Waals surface area contributed by atoms with Gasteiger partial charge in [0, 0.05) is 33.1 Å². The lowest BCUT2D eigenvalue weighted by Gasteiger charge is -2.37. The smallest absolute Gasteiger partial charge is 0.410 e. The van der Waals surface area contributed by atoms with Gasteiger partial charge in [0.2, 0.25) is 11.8 Å². The van der Waals surface area contributed by atoms with Gasteiger partial charge in [-0.1, -0.05) is 44.2 Å². The lowest BCUT2D eigenvalue weighted by Crippen LogP contribution is -2.49. The minimum atomic E-state index is -0.704. The number of amides is 3. The molecule has 1 N–H and O–H groups in total. The van der Waals surface area contributed by atoms with Crippen molar-refractivity contribution in [2.24, 2.45) is 11.8 Å². The number of hydrogen-bond donors (Lipinski definition) is 1. The predicted octanol–water partition coefficient (Wildman–Crippen LogP) is 4.00. The zero-order valence-corrected chi connectivity index (χ0v) is 20.4. The van der Waals surface area contributed by atoms with Crippen LogP contribution in [0.1, 0.15) is 65.5 Å². The maximum Gasteiger partial charge on any atom is 0.410 e. The molecule has 1 aromatic carbocycles. The maximum atomic E-state index is 13.5. The van der Waals surface area contributed by atoms with Crippen LogP contribution in [0.3, 0.4) is 0 Å². The maximum absolute atomic E-state index is 13.5. The van der Waals surface area contributed by atoms with Crippen LogP contribution in [0.4, 0.5) is 4.79 Å². The first-order valence-corrected chi connectivity index (χ1v) is 11.5. The second-order valence-corrected chi connectivity index (χ2v) is 10.2. The molecule has 7 nitrogen and oxygen atoms in total. The van der Waals surface area contributed by atoms with E-state index >= 15 is 0 Å². The molecular formula is C25H39N3O4. The van der Waals surface area contributed by atoms with Gasteiger partial charge in [0.05, 0.1) is 0 Å². The van der Waals surface area contributed by atoms with E-state index in [9.17, 15) is 14.4 Å². The molecule has 0 radical (unpaired) electrons. The Morgan fingerprint density at radius 3 is 2.44 bits per heavy atom. The van der Waals surface area contributed by atoms with Crippen molar-refractivity contribution in [3.05, 3.63) is 35.9 Å². The van der Waals surface area contributed by atoms with Gasteiger partial charge < -0.3 is 19.9 Å². The van der Waals surface area contributed by atoms with E-state index in [0.29, 0.717) is 26.1 Å². The molecule has 0 aliphatic carbocycles. The van der Waals surface area contributed by atoms with Gasteiger partial charge in [-0.15, -0.1) is 0 Å². The van der Waals surface area contributed by atoms with Crippen molar-refractivity contribution >= 4 is 17.9 Å². The molecule has 1 aliphatic heterocycles. The normalized spacial score (nSPS) is 17.6. The molecule has 0 aromatic heterocycles. The second kappa shape index (κ2) is 11.3.